The highest BCUT2D eigenvalue weighted by Gasteiger charge is 2.16. The molecule has 5 heteroatoms. The Morgan fingerprint density at radius 1 is 1.28 bits per heavy atom. The number of rotatable bonds is 7. The van der Waals surface area contributed by atoms with Gasteiger partial charge >= 0.3 is 0 Å². The van der Waals surface area contributed by atoms with Gasteiger partial charge in [-0.3, -0.25) is 4.79 Å². The van der Waals surface area contributed by atoms with E-state index in [9.17, 15) is 4.79 Å². The topological polar surface area (TPSA) is 91.6 Å². The first-order valence-electron chi connectivity index (χ1n) is 8.08. The van der Waals surface area contributed by atoms with Gasteiger partial charge in [-0.15, -0.1) is 0 Å². The molecule has 0 spiro atoms. The highest BCUT2D eigenvalue weighted by Crippen LogP contribution is 2.17. The van der Waals surface area contributed by atoms with Crippen molar-refractivity contribution in [3.05, 3.63) is 71.8 Å². The van der Waals surface area contributed by atoms with Crippen LogP contribution in [0.4, 0.5) is 11.4 Å². The highest BCUT2D eigenvalue weighted by atomic mass is 16.1. The van der Waals surface area contributed by atoms with Crippen molar-refractivity contribution in [2.75, 3.05) is 5.73 Å². The molecule has 2 aromatic carbocycles. The summed E-state index contributed by atoms with van der Waals surface area (Å²) in [5.74, 6) is -0.107. The molecule has 0 aliphatic carbocycles. The van der Waals surface area contributed by atoms with E-state index in [2.05, 4.69) is 16.3 Å². The monoisotopic (exact) mass is 332 g/mol. The van der Waals surface area contributed by atoms with Crippen molar-refractivity contribution in [1.82, 2.24) is 0 Å². The Balaban J connectivity index is 2.24. The van der Waals surface area contributed by atoms with Gasteiger partial charge in [0, 0.05) is 12.1 Å². The van der Waals surface area contributed by atoms with E-state index in [-0.39, 0.29) is 5.78 Å². The molecule has 0 aliphatic heterocycles. The third-order valence-corrected chi connectivity index (χ3v) is 3.51. The van der Waals surface area contributed by atoms with Crippen LogP contribution in [0.1, 0.15) is 24.5 Å². The Morgan fingerprint density at radius 2 is 2.08 bits per heavy atom. The summed E-state index contributed by atoms with van der Waals surface area (Å²) in [5.41, 5.74) is 8.42. The zero-order chi connectivity index (χ0) is 18.1. The minimum Gasteiger partial charge on any atom is -0.399 e. The number of anilines is 1. The van der Waals surface area contributed by atoms with Crippen molar-refractivity contribution in [3.63, 3.8) is 0 Å². The van der Waals surface area contributed by atoms with Crippen LogP contribution in [-0.4, -0.2) is 11.8 Å². The van der Waals surface area contributed by atoms with E-state index in [1.807, 2.05) is 25.1 Å². The largest absolute Gasteiger partial charge is 0.399 e. The fourth-order valence-electron chi connectivity index (χ4n) is 2.26. The van der Waals surface area contributed by atoms with E-state index < -0.39 is 6.04 Å². The van der Waals surface area contributed by atoms with Gasteiger partial charge in [0.25, 0.3) is 0 Å². The molecule has 0 heterocycles. The van der Waals surface area contributed by atoms with Crippen molar-refractivity contribution in [1.29, 1.82) is 5.26 Å². The predicted octanol–water partition coefficient (Wildman–Crippen LogP) is 4.37. The van der Waals surface area contributed by atoms with E-state index >= 15 is 0 Å². The Labute approximate surface area is 147 Å². The summed E-state index contributed by atoms with van der Waals surface area (Å²) in [6, 6.07) is 15.6. The lowest BCUT2D eigenvalue weighted by Crippen LogP contribution is -2.19. The maximum absolute atomic E-state index is 12.4. The SMILES string of the molecule is CC/C=C\C(=O)C(Cc1cccc(N)c1)N=Nc1cccc(C#N)c1. The summed E-state index contributed by atoms with van der Waals surface area (Å²) in [5, 5.41) is 17.3. The average molecular weight is 332 g/mol. The van der Waals surface area contributed by atoms with E-state index in [1.165, 1.54) is 0 Å². The van der Waals surface area contributed by atoms with Crippen molar-refractivity contribution in [3.8, 4) is 6.07 Å². The number of hydrogen-bond acceptors (Lipinski definition) is 5. The number of allylic oxidation sites excluding steroid dienone is 1. The van der Waals surface area contributed by atoms with Crippen LogP contribution in [0.15, 0.2) is 70.9 Å². The molecule has 1 unspecified atom stereocenters. The number of hydrogen-bond donors (Lipinski definition) is 1. The lowest BCUT2D eigenvalue weighted by Gasteiger charge is -2.09. The predicted molar refractivity (Wildman–Crippen MR) is 98.5 cm³/mol. The highest BCUT2D eigenvalue weighted by molar-refractivity contribution is 5.94. The molecule has 0 bridgehead atoms. The van der Waals surface area contributed by atoms with Crippen LogP contribution in [-0.2, 0) is 11.2 Å². The molecule has 0 saturated heterocycles. The van der Waals surface area contributed by atoms with Crippen molar-refractivity contribution in [2.24, 2.45) is 10.2 Å². The smallest absolute Gasteiger partial charge is 0.182 e. The molecule has 1 atom stereocenters. The molecule has 0 aliphatic rings. The van der Waals surface area contributed by atoms with Crippen LogP contribution >= 0.6 is 0 Å². The van der Waals surface area contributed by atoms with Gasteiger partial charge in [0.15, 0.2) is 5.78 Å². The molecule has 2 aromatic rings. The lowest BCUT2D eigenvalue weighted by molar-refractivity contribution is -0.115. The van der Waals surface area contributed by atoms with Crippen molar-refractivity contribution >= 4 is 17.2 Å². The number of nitrogen functional groups attached to an aromatic ring is 1. The molecule has 5 nitrogen and oxygen atoms in total. The first-order chi connectivity index (χ1) is 12.1. The zero-order valence-electron chi connectivity index (χ0n) is 14.1. The number of carbonyl (C=O) groups is 1. The van der Waals surface area contributed by atoms with Crippen LogP contribution in [0, 0.1) is 11.3 Å². The molecule has 0 fully saturated rings. The number of azo groups is 1. The summed E-state index contributed by atoms with van der Waals surface area (Å²) >= 11 is 0. The first-order valence-corrected chi connectivity index (χ1v) is 8.08. The van der Waals surface area contributed by atoms with Gasteiger partial charge in [0.1, 0.15) is 6.04 Å². The van der Waals surface area contributed by atoms with Gasteiger partial charge in [-0.05, 0) is 48.4 Å². The minimum atomic E-state index is -0.629. The summed E-state index contributed by atoms with van der Waals surface area (Å²) < 4.78 is 0. The number of carbonyl (C=O) groups excluding carboxylic acids is 1. The second kappa shape index (κ2) is 9.14. The molecule has 0 radical (unpaired) electrons. The van der Waals surface area contributed by atoms with Crippen LogP contribution in [0.3, 0.4) is 0 Å². The number of nitriles is 1. The molecular weight excluding hydrogens is 312 g/mol. The molecule has 126 valence electrons. The molecule has 0 amide bonds. The first kappa shape index (κ1) is 18.1. The third kappa shape index (κ3) is 5.70. The van der Waals surface area contributed by atoms with Crippen LogP contribution < -0.4 is 5.73 Å². The Morgan fingerprint density at radius 3 is 2.80 bits per heavy atom. The zero-order valence-corrected chi connectivity index (χ0v) is 14.1. The van der Waals surface area contributed by atoms with Crippen LogP contribution in [0.2, 0.25) is 0 Å². The fourth-order valence-corrected chi connectivity index (χ4v) is 2.26. The molecule has 2 N–H and O–H groups in total. The van der Waals surface area contributed by atoms with E-state index in [0.29, 0.717) is 23.4 Å². The standard InChI is InChI=1S/C20H20N4O/c1-2-3-10-20(25)19(13-15-6-4-8-17(22)11-15)24-23-18-9-5-7-16(12-18)14-21/h3-12,19H,2,13,22H2,1H3/b10-3-,24-23?. The van der Waals surface area contributed by atoms with Crippen molar-refractivity contribution < 1.29 is 4.79 Å². The Hall–Kier alpha value is -3.26. The second-order valence-electron chi connectivity index (χ2n) is 5.56. The molecule has 25 heavy (non-hydrogen) atoms. The summed E-state index contributed by atoms with van der Waals surface area (Å²) in [6.45, 7) is 1.96. The number of nitrogens with two attached hydrogens (primary N) is 1. The second-order valence-corrected chi connectivity index (χ2v) is 5.56. The Bertz CT molecular complexity index is 834. The normalized spacial score (nSPS) is 12.3. The summed E-state index contributed by atoms with van der Waals surface area (Å²) in [7, 11) is 0. The van der Waals surface area contributed by atoms with Gasteiger partial charge in [-0.25, -0.2) is 0 Å². The summed E-state index contributed by atoms with van der Waals surface area (Å²) in [6.07, 6.45) is 4.54. The van der Waals surface area contributed by atoms with Crippen LogP contribution in [0.25, 0.3) is 0 Å². The average Bonchev–Trinajstić information content (AvgIpc) is 2.63. The fraction of sp³-hybridized carbons (Fsp3) is 0.200. The maximum Gasteiger partial charge on any atom is 0.182 e. The summed E-state index contributed by atoms with van der Waals surface area (Å²) in [4.78, 5) is 12.4. The van der Waals surface area contributed by atoms with Gasteiger partial charge in [0.05, 0.1) is 17.3 Å². The molecular formula is C20H20N4O. The molecule has 2 rings (SSSR count). The lowest BCUT2D eigenvalue weighted by atomic mass is 10.0. The van der Waals surface area contributed by atoms with Gasteiger partial charge < -0.3 is 5.73 Å². The van der Waals surface area contributed by atoms with Crippen LogP contribution in [0.5, 0.6) is 0 Å². The van der Waals surface area contributed by atoms with Crippen molar-refractivity contribution in [2.45, 2.75) is 25.8 Å². The van der Waals surface area contributed by atoms with E-state index in [4.69, 9.17) is 11.0 Å². The minimum absolute atomic E-state index is 0.107. The third-order valence-electron chi connectivity index (χ3n) is 3.51. The number of ketones is 1. The van der Waals surface area contributed by atoms with E-state index in [0.717, 1.165) is 12.0 Å². The molecule has 0 saturated carbocycles. The number of nitrogens with zero attached hydrogens (tertiary/aromatic N) is 3. The quantitative estimate of drug-likeness (QED) is 0.463. The number of benzene rings is 2. The molecule has 0 aromatic heterocycles. The Kier molecular flexibility index (Phi) is 6.61. The van der Waals surface area contributed by atoms with Gasteiger partial charge in [-0.1, -0.05) is 31.2 Å². The van der Waals surface area contributed by atoms with E-state index in [1.54, 1.807) is 42.5 Å². The van der Waals surface area contributed by atoms with Gasteiger partial charge in [0.2, 0.25) is 0 Å². The van der Waals surface area contributed by atoms with Gasteiger partial charge in [-0.2, -0.15) is 15.5 Å². The maximum atomic E-state index is 12.4.